The number of methoxy groups -OCH3 is 2. The molecule has 0 aliphatic rings. The highest BCUT2D eigenvalue weighted by Crippen LogP contribution is 2.29. The van der Waals surface area contributed by atoms with Crippen LogP contribution in [-0.2, 0) is 0 Å². The van der Waals surface area contributed by atoms with Gasteiger partial charge in [0, 0.05) is 0 Å². The van der Waals surface area contributed by atoms with Gasteiger partial charge in [0.25, 0.3) is 0 Å². The summed E-state index contributed by atoms with van der Waals surface area (Å²) in [6.07, 6.45) is 0. The Morgan fingerprint density at radius 1 is 0.500 bits per heavy atom. The molecule has 0 radical (unpaired) electrons. The van der Waals surface area contributed by atoms with Crippen molar-refractivity contribution in [1.29, 1.82) is 0 Å². The molecule has 0 N–H and O–H groups in total. The van der Waals surface area contributed by atoms with Crippen LogP contribution in [-0.4, -0.2) is 14.2 Å². The summed E-state index contributed by atoms with van der Waals surface area (Å²) in [7, 11) is 3.37. The average molecular weight is 290 g/mol. The monoisotopic (exact) mass is 290 g/mol. The van der Waals surface area contributed by atoms with Crippen molar-refractivity contribution in [2.75, 3.05) is 14.2 Å². The van der Waals surface area contributed by atoms with Gasteiger partial charge in [-0.25, -0.2) is 0 Å². The summed E-state index contributed by atoms with van der Waals surface area (Å²) in [6.45, 7) is 0. The van der Waals surface area contributed by atoms with Crippen molar-refractivity contribution < 1.29 is 9.47 Å². The Morgan fingerprint density at radius 2 is 1.05 bits per heavy atom. The molecule has 0 atom stereocenters. The Balaban J connectivity index is 1.97. The third kappa shape index (κ3) is 2.96. The highest BCUT2D eigenvalue weighted by Gasteiger charge is 2.03. The van der Waals surface area contributed by atoms with E-state index in [2.05, 4.69) is 42.5 Å². The van der Waals surface area contributed by atoms with Crippen LogP contribution >= 0.6 is 0 Å². The second-order valence-corrected chi connectivity index (χ2v) is 5.04. The van der Waals surface area contributed by atoms with Gasteiger partial charge in [-0.05, 0) is 52.6 Å². The molecule has 0 aromatic heterocycles. The molecular formula is C20H18O2. The molecular weight excluding hydrogens is 272 g/mol. The summed E-state index contributed by atoms with van der Waals surface area (Å²) in [5.74, 6) is 1.74. The van der Waals surface area contributed by atoms with Gasteiger partial charge in [0.05, 0.1) is 14.2 Å². The van der Waals surface area contributed by atoms with Crippen LogP contribution in [0.1, 0.15) is 0 Å². The highest BCUT2D eigenvalue weighted by molar-refractivity contribution is 5.73. The van der Waals surface area contributed by atoms with E-state index in [1.165, 1.54) is 16.7 Å². The molecule has 2 heteroatoms. The molecule has 0 bridgehead atoms. The highest BCUT2D eigenvalue weighted by atomic mass is 16.5. The normalized spacial score (nSPS) is 10.3. The zero-order valence-corrected chi connectivity index (χ0v) is 12.7. The summed E-state index contributed by atoms with van der Waals surface area (Å²) < 4.78 is 10.5. The van der Waals surface area contributed by atoms with Crippen LogP contribution < -0.4 is 9.47 Å². The smallest absolute Gasteiger partial charge is 0.119 e. The number of benzene rings is 3. The van der Waals surface area contributed by atoms with Crippen molar-refractivity contribution >= 4 is 0 Å². The van der Waals surface area contributed by atoms with Gasteiger partial charge in [-0.2, -0.15) is 0 Å². The van der Waals surface area contributed by atoms with Crippen LogP contribution in [0.3, 0.4) is 0 Å². The minimum Gasteiger partial charge on any atom is -0.497 e. The molecule has 0 fully saturated rings. The van der Waals surface area contributed by atoms with Gasteiger partial charge < -0.3 is 9.47 Å². The van der Waals surface area contributed by atoms with E-state index in [9.17, 15) is 0 Å². The zero-order valence-electron chi connectivity index (χ0n) is 12.7. The van der Waals surface area contributed by atoms with Crippen LogP contribution in [0.2, 0.25) is 0 Å². The lowest BCUT2D eigenvalue weighted by atomic mass is 9.99. The van der Waals surface area contributed by atoms with Crippen molar-refractivity contribution in [1.82, 2.24) is 0 Å². The lowest BCUT2D eigenvalue weighted by Crippen LogP contribution is -1.85. The third-order valence-corrected chi connectivity index (χ3v) is 3.69. The molecule has 0 unspecified atom stereocenters. The quantitative estimate of drug-likeness (QED) is 0.670. The van der Waals surface area contributed by atoms with E-state index >= 15 is 0 Å². The van der Waals surface area contributed by atoms with E-state index in [-0.39, 0.29) is 0 Å². The molecule has 0 spiro atoms. The Kier molecular flexibility index (Phi) is 4.10. The van der Waals surface area contributed by atoms with Gasteiger partial charge >= 0.3 is 0 Å². The van der Waals surface area contributed by atoms with Crippen LogP contribution in [0.4, 0.5) is 0 Å². The van der Waals surface area contributed by atoms with Gasteiger partial charge in [-0.15, -0.1) is 0 Å². The second kappa shape index (κ2) is 6.35. The molecule has 0 heterocycles. The van der Waals surface area contributed by atoms with Crippen molar-refractivity contribution in [2.45, 2.75) is 0 Å². The van der Waals surface area contributed by atoms with E-state index in [0.29, 0.717) is 0 Å². The molecule has 2 nitrogen and oxygen atoms in total. The first-order valence-corrected chi connectivity index (χ1v) is 7.19. The van der Waals surface area contributed by atoms with Gasteiger partial charge in [0.2, 0.25) is 0 Å². The van der Waals surface area contributed by atoms with Crippen LogP contribution in [0.15, 0.2) is 72.8 Å². The number of hydrogen-bond donors (Lipinski definition) is 0. The van der Waals surface area contributed by atoms with E-state index in [1.807, 2.05) is 30.3 Å². The number of rotatable bonds is 4. The Bertz CT molecular complexity index is 761. The summed E-state index contributed by atoms with van der Waals surface area (Å²) in [6, 6.07) is 24.7. The molecule has 0 aliphatic heterocycles. The Morgan fingerprint density at radius 3 is 1.68 bits per heavy atom. The van der Waals surface area contributed by atoms with Gasteiger partial charge in [0.15, 0.2) is 0 Å². The number of hydrogen-bond acceptors (Lipinski definition) is 2. The SMILES string of the molecule is COc1ccc(-c2cccc(-c3cccc(OC)c3)c2)cc1. The zero-order chi connectivity index (χ0) is 15.4. The Labute approximate surface area is 131 Å². The first kappa shape index (κ1) is 14.2. The third-order valence-electron chi connectivity index (χ3n) is 3.69. The molecule has 22 heavy (non-hydrogen) atoms. The minimum absolute atomic E-state index is 0.868. The van der Waals surface area contributed by atoms with Crippen molar-refractivity contribution in [3.8, 4) is 33.8 Å². The van der Waals surface area contributed by atoms with E-state index in [1.54, 1.807) is 14.2 Å². The van der Waals surface area contributed by atoms with Gasteiger partial charge in [-0.3, -0.25) is 0 Å². The maximum Gasteiger partial charge on any atom is 0.119 e. The van der Waals surface area contributed by atoms with Crippen molar-refractivity contribution in [3.63, 3.8) is 0 Å². The summed E-state index contributed by atoms with van der Waals surface area (Å²) in [5.41, 5.74) is 4.68. The molecule has 110 valence electrons. The lowest BCUT2D eigenvalue weighted by molar-refractivity contribution is 0.415. The molecule has 3 aromatic rings. The Hall–Kier alpha value is -2.74. The van der Waals surface area contributed by atoms with Gasteiger partial charge in [0.1, 0.15) is 11.5 Å². The van der Waals surface area contributed by atoms with Crippen LogP contribution in [0.5, 0.6) is 11.5 Å². The predicted molar refractivity (Wildman–Crippen MR) is 90.4 cm³/mol. The van der Waals surface area contributed by atoms with Gasteiger partial charge in [-0.1, -0.05) is 42.5 Å². The summed E-state index contributed by atoms with van der Waals surface area (Å²) >= 11 is 0. The van der Waals surface area contributed by atoms with E-state index in [0.717, 1.165) is 17.1 Å². The fourth-order valence-corrected chi connectivity index (χ4v) is 2.46. The van der Waals surface area contributed by atoms with Crippen LogP contribution in [0.25, 0.3) is 22.3 Å². The topological polar surface area (TPSA) is 18.5 Å². The molecule has 0 aliphatic carbocycles. The minimum atomic E-state index is 0.868. The summed E-state index contributed by atoms with van der Waals surface area (Å²) in [5, 5.41) is 0. The number of ether oxygens (including phenoxy) is 2. The molecule has 0 saturated heterocycles. The largest absolute Gasteiger partial charge is 0.497 e. The van der Waals surface area contributed by atoms with E-state index < -0.39 is 0 Å². The maximum absolute atomic E-state index is 5.30. The molecule has 0 amide bonds. The lowest BCUT2D eigenvalue weighted by Gasteiger charge is -2.08. The van der Waals surface area contributed by atoms with Crippen LogP contribution in [0, 0.1) is 0 Å². The first-order valence-electron chi connectivity index (χ1n) is 7.19. The fourth-order valence-electron chi connectivity index (χ4n) is 2.46. The molecule has 0 saturated carbocycles. The molecule has 3 aromatic carbocycles. The van der Waals surface area contributed by atoms with Crippen molar-refractivity contribution in [2.24, 2.45) is 0 Å². The first-order chi connectivity index (χ1) is 10.8. The fraction of sp³-hybridized carbons (Fsp3) is 0.100. The molecule has 3 rings (SSSR count). The summed E-state index contributed by atoms with van der Waals surface area (Å²) in [4.78, 5) is 0. The average Bonchev–Trinajstić information content (AvgIpc) is 2.62. The van der Waals surface area contributed by atoms with Crippen molar-refractivity contribution in [3.05, 3.63) is 72.8 Å². The predicted octanol–water partition coefficient (Wildman–Crippen LogP) is 5.04. The van der Waals surface area contributed by atoms with E-state index in [4.69, 9.17) is 9.47 Å². The maximum atomic E-state index is 5.30. The second-order valence-electron chi connectivity index (χ2n) is 5.04. The standard InChI is InChI=1S/C20H18O2/c1-21-19-11-9-15(10-12-19)16-5-3-6-17(13-16)18-7-4-8-20(14-18)22-2/h3-14H,1-2H3.